The number of benzene rings is 1. The first-order valence-electron chi connectivity index (χ1n) is 4.65. The van der Waals surface area contributed by atoms with Gasteiger partial charge in [-0.2, -0.15) is 0 Å². The van der Waals surface area contributed by atoms with Crippen LogP contribution < -0.4 is 4.74 Å². The second-order valence-corrected chi connectivity index (χ2v) is 2.81. The van der Waals surface area contributed by atoms with E-state index in [1.807, 2.05) is 31.2 Å². The van der Waals surface area contributed by atoms with Gasteiger partial charge in [0.25, 0.3) is 0 Å². The molecule has 0 spiro atoms. The first-order chi connectivity index (χ1) is 6.86. The van der Waals surface area contributed by atoms with E-state index in [1.54, 1.807) is 7.11 Å². The minimum Gasteiger partial charge on any atom is -0.497 e. The number of hydrogen-bond acceptors (Lipinski definition) is 3. The second kappa shape index (κ2) is 6.40. The molecule has 0 fully saturated rings. The first kappa shape index (κ1) is 11.0. The molecule has 0 saturated carbocycles. The smallest absolute Gasteiger partial charge is 0.147 e. The predicted octanol–water partition coefficient (Wildman–Crippen LogP) is 2.21. The Labute approximate surface area is 84.6 Å². The van der Waals surface area contributed by atoms with Crippen molar-refractivity contribution in [3.8, 4) is 5.75 Å². The van der Waals surface area contributed by atoms with Gasteiger partial charge in [-0.15, -0.1) is 0 Å². The zero-order valence-corrected chi connectivity index (χ0v) is 8.66. The highest BCUT2D eigenvalue weighted by molar-refractivity contribution is 5.26. The molecule has 0 aromatic heterocycles. The topological polar surface area (TPSA) is 27.7 Å². The van der Waals surface area contributed by atoms with Gasteiger partial charge in [0.2, 0.25) is 0 Å². The monoisotopic (exact) mass is 196 g/mol. The summed E-state index contributed by atoms with van der Waals surface area (Å²) in [5, 5.41) is 0. The van der Waals surface area contributed by atoms with E-state index in [-0.39, 0.29) is 0 Å². The summed E-state index contributed by atoms with van der Waals surface area (Å²) < 4.78 is 15.4. The summed E-state index contributed by atoms with van der Waals surface area (Å²) in [4.78, 5) is 0. The summed E-state index contributed by atoms with van der Waals surface area (Å²) in [5.41, 5.74) is 1.12. The Morgan fingerprint density at radius 2 is 1.79 bits per heavy atom. The van der Waals surface area contributed by atoms with Gasteiger partial charge in [-0.3, -0.25) is 0 Å². The lowest BCUT2D eigenvalue weighted by molar-refractivity contribution is -0.0571. The molecule has 0 aliphatic carbocycles. The van der Waals surface area contributed by atoms with Crippen molar-refractivity contribution in [2.45, 2.75) is 13.5 Å². The quantitative estimate of drug-likeness (QED) is 0.515. The summed E-state index contributed by atoms with van der Waals surface area (Å²) in [6.45, 7) is 3.55. The summed E-state index contributed by atoms with van der Waals surface area (Å²) in [5.74, 6) is 0.860. The van der Waals surface area contributed by atoms with Gasteiger partial charge in [0, 0.05) is 6.61 Å². The summed E-state index contributed by atoms with van der Waals surface area (Å²) in [6, 6.07) is 7.79. The van der Waals surface area contributed by atoms with Gasteiger partial charge in [0.05, 0.1) is 13.7 Å². The molecule has 1 aromatic carbocycles. The molecule has 0 atom stereocenters. The summed E-state index contributed by atoms with van der Waals surface area (Å²) in [7, 11) is 1.65. The van der Waals surface area contributed by atoms with Crippen molar-refractivity contribution in [1.82, 2.24) is 0 Å². The maximum atomic E-state index is 5.27. The van der Waals surface area contributed by atoms with E-state index in [4.69, 9.17) is 14.2 Å². The third-order valence-electron chi connectivity index (χ3n) is 1.80. The lowest BCUT2D eigenvalue weighted by Gasteiger charge is -2.05. The van der Waals surface area contributed by atoms with E-state index in [0.29, 0.717) is 20.0 Å². The summed E-state index contributed by atoms with van der Waals surface area (Å²) in [6.07, 6.45) is 0. The molecule has 14 heavy (non-hydrogen) atoms. The van der Waals surface area contributed by atoms with Crippen LogP contribution in [0.3, 0.4) is 0 Å². The predicted molar refractivity (Wildman–Crippen MR) is 54.3 cm³/mol. The number of hydrogen-bond donors (Lipinski definition) is 0. The number of methoxy groups -OCH3 is 1. The molecule has 0 unspecified atom stereocenters. The Kier molecular flexibility index (Phi) is 5.04. The van der Waals surface area contributed by atoms with E-state index in [0.717, 1.165) is 11.3 Å². The van der Waals surface area contributed by atoms with Crippen molar-refractivity contribution in [2.24, 2.45) is 0 Å². The third kappa shape index (κ3) is 3.77. The van der Waals surface area contributed by atoms with Gasteiger partial charge in [-0.25, -0.2) is 0 Å². The third-order valence-corrected chi connectivity index (χ3v) is 1.80. The molecule has 78 valence electrons. The van der Waals surface area contributed by atoms with E-state index in [9.17, 15) is 0 Å². The lowest BCUT2D eigenvalue weighted by atomic mass is 10.2. The van der Waals surface area contributed by atoms with Crippen LogP contribution in [-0.2, 0) is 16.1 Å². The van der Waals surface area contributed by atoms with Crippen molar-refractivity contribution < 1.29 is 14.2 Å². The van der Waals surface area contributed by atoms with Crippen LogP contribution in [0.2, 0.25) is 0 Å². The highest BCUT2D eigenvalue weighted by atomic mass is 16.7. The van der Waals surface area contributed by atoms with Crippen molar-refractivity contribution in [3.63, 3.8) is 0 Å². The molecule has 0 bridgehead atoms. The molecule has 1 rings (SSSR count). The fraction of sp³-hybridized carbons (Fsp3) is 0.455. The standard InChI is InChI=1S/C11H16O3/c1-3-13-9-14-8-10-4-6-11(12-2)7-5-10/h4-7H,3,8-9H2,1-2H3. The molecule has 0 saturated heterocycles. The second-order valence-electron chi connectivity index (χ2n) is 2.81. The average Bonchev–Trinajstić information content (AvgIpc) is 2.25. The van der Waals surface area contributed by atoms with Crippen LogP contribution in [0.4, 0.5) is 0 Å². The molecular weight excluding hydrogens is 180 g/mol. The molecule has 0 radical (unpaired) electrons. The Morgan fingerprint density at radius 1 is 1.07 bits per heavy atom. The van der Waals surface area contributed by atoms with Crippen molar-refractivity contribution >= 4 is 0 Å². The maximum Gasteiger partial charge on any atom is 0.147 e. The molecule has 0 aliphatic heterocycles. The minimum absolute atomic E-state index is 0.350. The number of ether oxygens (including phenoxy) is 3. The highest BCUT2D eigenvalue weighted by Gasteiger charge is 1.94. The zero-order valence-electron chi connectivity index (χ0n) is 8.66. The van der Waals surface area contributed by atoms with Crippen molar-refractivity contribution in [2.75, 3.05) is 20.5 Å². The van der Waals surface area contributed by atoms with Crippen molar-refractivity contribution in [3.05, 3.63) is 29.8 Å². The van der Waals surface area contributed by atoms with Crippen molar-refractivity contribution in [1.29, 1.82) is 0 Å². The summed E-state index contributed by atoms with van der Waals surface area (Å²) >= 11 is 0. The Hall–Kier alpha value is -1.06. The van der Waals surface area contributed by atoms with Gasteiger partial charge < -0.3 is 14.2 Å². The van der Waals surface area contributed by atoms with Gasteiger partial charge in [-0.05, 0) is 24.6 Å². The molecule has 0 heterocycles. The molecule has 3 heteroatoms. The Bertz CT molecular complexity index is 243. The Morgan fingerprint density at radius 3 is 2.36 bits per heavy atom. The molecule has 0 amide bonds. The number of rotatable bonds is 6. The van der Waals surface area contributed by atoms with Crippen LogP contribution in [0.5, 0.6) is 5.75 Å². The van der Waals surface area contributed by atoms with Crippen LogP contribution in [0.15, 0.2) is 24.3 Å². The molecule has 1 aromatic rings. The van der Waals surface area contributed by atoms with Gasteiger partial charge in [0.1, 0.15) is 12.5 Å². The molecule has 3 nitrogen and oxygen atoms in total. The van der Waals surface area contributed by atoms with Crippen LogP contribution in [0.25, 0.3) is 0 Å². The molecule has 0 aliphatic rings. The normalized spacial score (nSPS) is 10.1. The first-order valence-corrected chi connectivity index (χ1v) is 4.65. The zero-order chi connectivity index (χ0) is 10.2. The lowest BCUT2D eigenvalue weighted by Crippen LogP contribution is -1.99. The fourth-order valence-corrected chi connectivity index (χ4v) is 1.02. The molecule has 0 N–H and O–H groups in total. The van der Waals surface area contributed by atoms with Gasteiger partial charge in [-0.1, -0.05) is 12.1 Å². The van der Waals surface area contributed by atoms with E-state index in [1.165, 1.54) is 0 Å². The Balaban J connectivity index is 2.29. The largest absolute Gasteiger partial charge is 0.497 e. The highest BCUT2D eigenvalue weighted by Crippen LogP contribution is 2.11. The van der Waals surface area contributed by atoms with Gasteiger partial charge >= 0.3 is 0 Å². The SMILES string of the molecule is CCOCOCc1ccc(OC)cc1. The minimum atomic E-state index is 0.350. The van der Waals surface area contributed by atoms with Gasteiger partial charge in [0.15, 0.2) is 0 Å². The molecular formula is C11H16O3. The van der Waals surface area contributed by atoms with E-state index < -0.39 is 0 Å². The van der Waals surface area contributed by atoms with Crippen LogP contribution in [0.1, 0.15) is 12.5 Å². The van der Waals surface area contributed by atoms with Crippen LogP contribution >= 0.6 is 0 Å². The van der Waals surface area contributed by atoms with E-state index >= 15 is 0 Å². The maximum absolute atomic E-state index is 5.27. The van der Waals surface area contributed by atoms with Crippen LogP contribution in [0, 0.1) is 0 Å². The van der Waals surface area contributed by atoms with E-state index in [2.05, 4.69) is 0 Å². The average molecular weight is 196 g/mol. The van der Waals surface area contributed by atoms with Crippen LogP contribution in [-0.4, -0.2) is 20.5 Å². The fourth-order valence-electron chi connectivity index (χ4n) is 1.02.